The Morgan fingerprint density at radius 3 is 2.50 bits per heavy atom. The Kier molecular flexibility index (Phi) is 7.97. The van der Waals surface area contributed by atoms with Gasteiger partial charge in [0.05, 0.1) is 17.3 Å². The normalized spacial score (nSPS) is 11.9. The Morgan fingerprint density at radius 2 is 1.93 bits per heavy atom. The van der Waals surface area contributed by atoms with E-state index >= 15 is 0 Å². The van der Waals surface area contributed by atoms with Crippen molar-refractivity contribution in [3.8, 4) is 0 Å². The van der Waals surface area contributed by atoms with Crippen LogP contribution in [0.3, 0.4) is 0 Å². The van der Waals surface area contributed by atoms with Crippen molar-refractivity contribution in [3.05, 3.63) is 76.4 Å². The first-order valence-corrected chi connectivity index (χ1v) is 9.80. The number of hydrogen-bond acceptors (Lipinski definition) is 4. The molecule has 1 heterocycles. The molecule has 1 aromatic carbocycles. The fourth-order valence-corrected chi connectivity index (χ4v) is 3.40. The average Bonchev–Trinajstić information content (AvgIpc) is 2.70. The van der Waals surface area contributed by atoms with E-state index in [0.29, 0.717) is 22.7 Å². The number of aryl methyl sites for hydroxylation is 1. The number of rotatable bonds is 9. The maximum absolute atomic E-state index is 9.14. The van der Waals surface area contributed by atoms with Crippen molar-refractivity contribution in [2.24, 2.45) is 0 Å². The van der Waals surface area contributed by atoms with E-state index < -0.39 is 0 Å². The Morgan fingerprint density at radius 1 is 1.25 bits per heavy atom. The molecule has 0 saturated heterocycles. The van der Waals surface area contributed by atoms with Crippen molar-refractivity contribution in [2.45, 2.75) is 46.1 Å². The lowest BCUT2D eigenvalue weighted by Crippen LogP contribution is -2.02. The molecule has 0 bridgehead atoms. The molecule has 0 atom stereocenters. The minimum atomic E-state index is -0.0554. The first-order chi connectivity index (χ1) is 13.4. The third-order valence-corrected chi connectivity index (χ3v) is 5.14. The number of aliphatic hydroxyl groups excluding tert-OH is 1. The molecule has 0 aliphatic rings. The van der Waals surface area contributed by atoms with Gasteiger partial charge in [0.1, 0.15) is 5.82 Å². The third kappa shape index (κ3) is 5.09. The van der Waals surface area contributed by atoms with Crippen molar-refractivity contribution in [3.63, 3.8) is 0 Å². The summed E-state index contributed by atoms with van der Waals surface area (Å²) in [5.41, 5.74) is 12.7. The van der Waals surface area contributed by atoms with E-state index in [-0.39, 0.29) is 6.61 Å². The number of nitrogen functional groups attached to an aromatic ring is 1. The van der Waals surface area contributed by atoms with Gasteiger partial charge in [0, 0.05) is 29.9 Å². The number of hydrogen-bond donors (Lipinski definition) is 2. The summed E-state index contributed by atoms with van der Waals surface area (Å²) in [6.45, 7) is 12.4. The predicted octanol–water partition coefficient (Wildman–Crippen LogP) is 5.61. The molecule has 5 heteroatoms. The van der Waals surface area contributed by atoms with Crippen molar-refractivity contribution in [1.82, 2.24) is 9.97 Å². The second-order valence-electron chi connectivity index (χ2n) is 6.75. The predicted molar refractivity (Wildman–Crippen MR) is 119 cm³/mol. The van der Waals surface area contributed by atoms with Crippen LogP contribution in [0.25, 0.3) is 11.6 Å². The van der Waals surface area contributed by atoms with Gasteiger partial charge >= 0.3 is 0 Å². The highest BCUT2D eigenvalue weighted by Gasteiger charge is 2.14. The fraction of sp³-hybridized carbons (Fsp3) is 0.304. The number of aliphatic hydroxyl groups is 1. The molecule has 0 fully saturated rings. The van der Waals surface area contributed by atoms with Gasteiger partial charge in [-0.3, -0.25) is 0 Å². The molecular weight excluding hydrogens is 370 g/mol. The second kappa shape index (κ2) is 10.2. The smallest absolute Gasteiger partial charge is 0.128 e. The molecule has 3 N–H and O–H groups in total. The number of benzene rings is 1. The van der Waals surface area contributed by atoms with E-state index in [1.54, 1.807) is 18.5 Å². The molecule has 0 unspecified atom stereocenters. The van der Waals surface area contributed by atoms with Crippen LogP contribution in [-0.2, 0) is 13.0 Å². The molecule has 0 aliphatic heterocycles. The third-order valence-electron chi connectivity index (χ3n) is 4.81. The van der Waals surface area contributed by atoms with Gasteiger partial charge in [-0.25, -0.2) is 9.97 Å². The number of anilines is 1. The molecule has 0 saturated carbocycles. The molecule has 2 rings (SSSR count). The summed E-state index contributed by atoms with van der Waals surface area (Å²) in [5, 5.41) is 9.67. The lowest BCUT2D eigenvalue weighted by Gasteiger charge is -2.18. The molecule has 0 aliphatic carbocycles. The van der Waals surface area contributed by atoms with Gasteiger partial charge in [-0.15, -0.1) is 0 Å². The van der Waals surface area contributed by atoms with Gasteiger partial charge in [-0.2, -0.15) is 0 Å². The van der Waals surface area contributed by atoms with E-state index in [0.717, 1.165) is 47.4 Å². The van der Waals surface area contributed by atoms with Gasteiger partial charge < -0.3 is 10.8 Å². The standard InChI is InChI=1S/C23H28ClN3O/c1-5-7-15(3)19(9-11-22-26-12-17(14-28)13-27-22)16(4)20-8-10-21(24)23(25)18(20)6-2/h6,8,10,12-13,28H,2-3,5,7,9,11,14,25H2,1,4H3/b19-16+. The molecule has 0 radical (unpaired) electrons. The van der Waals surface area contributed by atoms with Crippen LogP contribution in [0.2, 0.25) is 5.02 Å². The summed E-state index contributed by atoms with van der Waals surface area (Å²) < 4.78 is 0. The van der Waals surface area contributed by atoms with E-state index in [1.807, 2.05) is 12.1 Å². The quantitative estimate of drug-likeness (QED) is 0.426. The monoisotopic (exact) mass is 397 g/mol. The van der Waals surface area contributed by atoms with E-state index in [2.05, 4.69) is 37.0 Å². The van der Waals surface area contributed by atoms with Crippen LogP contribution in [0.15, 0.2) is 48.8 Å². The molecule has 1 aromatic heterocycles. The summed E-state index contributed by atoms with van der Waals surface area (Å²) in [6.07, 6.45) is 8.47. The zero-order valence-corrected chi connectivity index (χ0v) is 17.4. The molecule has 4 nitrogen and oxygen atoms in total. The van der Waals surface area contributed by atoms with Crippen LogP contribution >= 0.6 is 11.6 Å². The Labute approximate surface area is 172 Å². The van der Waals surface area contributed by atoms with Crippen molar-refractivity contribution < 1.29 is 5.11 Å². The summed E-state index contributed by atoms with van der Waals surface area (Å²) in [7, 11) is 0. The van der Waals surface area contributed by atoms with Gasteiger partial charge in [0.15, 0.2) is 0 Å². The molecule has 0 amide bonds. The lowest BCUT2D eigenvalue weighted by atomic mass is 9.88. The number of nitrogens with zero attached hydrogens (tertiary/aromatic N) is 2. The summed E-state index contributed by atoms with van der Waals surface area (Å²) in [6, 6.07) is 3.80. The molecule has 0 spiro atoms. The largest absolute Gasteiger partial charge is 0.397 e. The summed E-state index contributed by atoms with van der Waals surface area (Å²) >= 11 is 6.19. The highest BCUT2D eigenvalue weighted by atomic mass is 35.5. The maximum Gasteiger partial charge on any atom is 0.128 e. The molecular formula is C23H28ClN3O. The zero-order chi connectivity index (χ0) is 20.7. The Bertz CT molecular complexity index is 885. The van der Waals surface area contributed by atoms with Crippen molar-refractivity contribution in [1.29, 1.82) is 0 Å². The van der Waals surface area contributed by atoms with Crippen LogP contribution in [-0.4, -0.2) is 15.1 Å². The maximum atomic E-state index is 9.14. The lowest BCUT2D eigenvalue weighted by molar-refractivity contribution is 0.280. The fourth-order valence-electron chi connectivity index (χ4n) is 3.23. The van der Waals surface area contributed by atoms with Gasteiger partial charge in [0.2, 0.25) is 0 Å². The molecule has 28 heavy (non-hydrogen) atoms. The first-order valence-electron chi connectivity index (χ1n) is 9.42. The Balaban J connectivity index is 2.42. The summed E-state index contributed by atoms with van der Waals surface area (Å²) in [4.78, 5) is 8.68. The average molecular weight is 398 g/mol. The minimum absolute atomic E-state index is 0.0554. The van der Waals surface area contributed by atoms with Crippen LogP contribution in [0.1, 0.15) is 55.6 Å². The number of nitrogens with two attached hydrogens (primary N) is 1. The van der Waals surface area contributed by atoms with Crippen molar-refractivity contribution in [2.75, 3.05) is 5.73 Å². The number of aromatic nitrogens is 2. The van der Waals surface area contributed by atoms with Gasteiger partial charge in [0.25, 0.3) is 0 Å². The zero-order valence-electron chi connectivity index (χ0n) is 16.6. The Hall–Kier alpha value is -2.43. The number of allylic oxidation sites excluding steroid dienone is 3. The highest BCUT2D eigenvalue weighted by Crippen LogP contribution is 2.35. The molecule has 2 aromatic rings. The second-order valence-corrected chi connectivity index (χ2v) is 7.16. The van der Waals surface area contributed by atoms with Crippen LogP contribution < -0.4 is 5.73 Å². The minimum Gasteiger partial charge on any atom is -0.397 e. The first kappa shape index (κ1) is 21.9. The summed E-state index contributed by atoms with van der Waals surface area (Å²) in [5.74, 6) is 0.742. The van der Waals surface area contributed by atoms with Crippen LogP contribution in [0.4, 0.5) is 5.69 Å². The van der Waals surface area contributed by atoms with Crippen LogP contribution in [0, 0.1) is 0 Å². The van der Waals surface area contributed by atoms with Gasteiger partial charge in [-0.1, -0.05) is 55.8 Å². The highest BCUT2D eigenvalue weighted by molar-refractivity contribution is 6.33. The topological polar surface area (TPSA) is 72.0 Å². The van der Waals surface area contributed by atoms with Gasteiger partial charge in [-0.05, 0) is 42.5 Å². The van der Waals surface area contributed by atoms with Crippen molar-refractivity contribution >= 4 is 28.9 Å². The number of halogens is 1. The van der Waals surface area contributed by atoms with Crippen LogP contribution in [0.5, 0.6) is 0 Å². The SMILES string of the molecule is C=Cc1c(/C(C)=C(\CCc2ncc(CO)cn2)C(=C)CCC)ccc(Cl)c1N. The van der Waals surface area contributed by atoms with E-state index in [4.69, 9.17) is 22.4 Å². The van der Waals surface area contributed by atoms with E-state index in [9.17, 15) is 0 Å². The van der Waals surface area contributed by atoms with E-state index in [1.165, 1.54) is 5.57 Å². The molecule has 148 valence electrons.